The minimum absolute atomic E-state index is 0.0949. The van der Waals surface area contributed by atoms with E-state index in [1.165, 1.54) is 25.0 Å². The van der Waals surface area contributed by atoms with E-state index in [0.717, 1.165) is 24.7 Å². The van der Waals surface area contributed by atoms with Crippen molar-refractivity contribution in [3.05, 3.63) is 29.8 Å². The number of halogens is 3. The third-order valence-electron chi connectivity index (χ3n) is 3.70. The lowest BCUT2D eigenvalue weighted by Gasteiger charge is -2.19. The number of hydrogen-bond acceptors (Lipinski definition) is 3. The maximum Gasteiger partial charge on any atom is 0.573 e. The van der Waals surface area contributed by atoms with Gasteiger partial charge in [0, 0.05) is 25.2 Å². The second-order valence-electron chi connectivity index (χ2n) is 5.50. The van der Waals surface area contributed by atoms with Gasteiger partial charge in [-0.25, -0.2) is 0 Å². The van der Waals surface area contributed by atoms with Crippen LogP contribution in [0.4, 0.5) is 13.2 Å². The van der Waals surface area contributed by atoms with Crippen LogP contribution in [0.25, 0.3) is 0 Å². The minimum Gasteiger partial charge on any atom is -0.406 e. The second kappa shape index (κ2) is 6.66. The van der Waals surface area contributed by atoms with Crippen molar-refractivity contribution in [3.8, 4) is 5.75 Å². The predicted molar refractivity (Wildman–Crippen MR) is 75.2 cm³/mol. The zero-order valence-electron chi connectivity index (χ0n) is 12.3. The summed E-state index contributed by atoms with van der Waals surface area (Å²) in [6.45, 7) is 3.83. The van der Waals surface area contributed by atoms with Gasteiger partial charge in [0.2, 0.25) is 0 Å². The summed E-state index contributed by atoms with van der Waals surface area (Å²) < 4.78 is 40.1. The Hall–Kier alpha value is -1.27. The van der Waals surface area contributed by atoms with Crippen LogP contribution >= 0.6 is 0 Å². The highest BCUT2D eigenvalue weighted by Gasteiger charge is 2.31. The molecule has 6 heteroatoms. The minimum atomic E-state index is -4.64. The summed E-state index contributed by atoms with van der Waals surface area (Å²) in [5.41, 5.74) is 0.943. The Morgan fingerprint density at radius 1 is 1.29 bits per heavy atom. The average molecular weight is 302 g/mol. The summed E-state index contributed by atoms with van der Waals surface area (Å²) in [5.74, 6) is -0.188. The van der Waals surface area contributed by atoms with E-state index in [1.54, 1.807) is 12.1 Å². The topological polar surface area (TPSA) is 24.5 Å². The molecule has 0 saturated heterocycles. The molecule has 1 N–H and O–H groups in total. The van der Waals surface area contributed by atoms with Crippen LogP contribution in [0, 0.1) is 0 Å². The first kappa shape index (κ1) is 16.1. The van der Waals surface area contributed by atoms with Crippen LogP contribution in [0.5, 0.6) is 5.75 Å². The SMILES string of the molecule is CC(NCCN(C)C1CC1)c1ccc(OC(F)(F)F)cc1. The van der Waals surface area contributed by atoms with Gasteiger partial charge >= 0.3 is 6.36 Å². The summed E-state index contributed by atoms with van der Waals surface area (Å²) in [6, 6.07) is 6.83. The largest absolute Gasteiger partial charge is 0.573 e. The van der Waals surface area contributed by atoms with Crippen LogP contribution in [0.1, 0.15) is 31.4 Å². The molecule has 0 heterocycles. The van der Waals surface area contributed by atoms with E-state index in [0.29, 0.717) is 0 Å². The molecule has 1 atom stereocenters. The zero-order chi connectivity index (χ0) is 15.5. The van der Waals surface area contributed by atoms with Gasteiger partial charge in [-0.3, -0.25) is 0 Å². The molecule has 1 aliphatic rings. The highest BCUT2D eigenvalue weighted by molar-refractivity contribution is 5.29. The molecule has 2 rings (SSSR count). The molecule has 118 valence electrons. The van der Waals surface area contributed by atoms with Crippen molar-refractivity contribution >= 4 is 0 Å². The first-order valence-electron chi connectivity index (χ1n) is 7.14. The van der Waals surface area contributed by atoms with Gasteiger partial charge in [-0.15, -0.1) is 13.2 Å². The van der Waals surface area contributed by atoms with Crippen LogP contribution < -0.4 is 10.1 Å². The molecule has 1 unspecified atom stereocenters. The van der Waals surface area contributed by atoms with Crippen molar-refractivity contribution in [1.29, 1.82) is 0 Å². The van der Waals surface area contributed by atoms with Crippen molar-refractivity contribution in [2.45, 2.75) is 38.2 Å². The van der Waals surface area contributed by atoms with E-state index in [1.807, 2.05) is 6.92 Å². The third kappa shape index (κ3) is 5.55. The molecule has 0 radical (unpaired) electrons. The normalized spacial score (nSPS) is 17.0. The van der Waals surface area contributed by atoms with Crippen LogP contribution in [-0.4, -0.2) is 37.4 Å². The Morgan fingerprint density at radius 2 is 1.90 bits per heavy atom. The molecule has 1 fully saturated rings. The molecule has 1 aliphatic carbocycles. The lowest BCUT2D eigenvalue weighted by atomic mass is 10.1. The maximum absolute atomic E-state index is 12.1. The number of ether oxygens (including phenoxy) is 1. The summed E-state index contributed by atoms with van der Waals surface area (Å²) in [7, 11) is 2.12. The van der Waals surface area contributed by atoms with Crippen molar-refractivity contribution in [2.24, 2.45) is 0 Å². The quantitative estimate of drug-likeness (QED) is 0.836. The number of benzene rings is 1. The fourth-order valence-corrected chi connectivity index (χ4v) is 2.23. The van der Waals surface area contributed by atoms with Crippen molar-refractivity contribution in [1.82, 2.24) is 10.2 Å². The van der Waals surface area contributed by atoms with E-state index in [-0.39, 0.29) is 11.8 Å². The van der Waals surface area contributed by atoms with E-state index < -0.39 is 6.36 Å². The van der Waals surface area contributed by atoms with Crippen molar-refractivity contribution in [3.63, 3.8) is 0 Å². The average Bonchev–Trinajstić information content (AvgIpc) is 3.21. The number of rotatable bonds is 7. The lowest BCUT2D eigenvalue weighted by molar-refractivity contribution is -0.274. The Bertz CT molecular complexity index is 443. The number of alkyl halides is 3. The van der Waals surface area contributed by atoms with Gasteiger partial charge < -0.3 is 15.0 Å². The molecule has 1 aromatic rings. The molecule has 0 aromatic heterocycles. The molecule has 0 bridgehead atoms. The summed E-state index contributed by atoms with van der Waals surface area (Å²) in [5, 5.41) is 3.38. The Kier molecular flexibility index (Phi) is 5.11. The van der Waals surface area contributed by atoms with E-state index in [4.69, 9.17) is 0 Å². The molecule has 1 aromatic carbocycles. The molecule has 0 spiro atoms. The summed E-state index contributed by atoms with van der Waals surface area (Å²) in [6.07, 6.45) is -2.07. The maximum atomic E-state index is 12.1. The number of hydrogen-bond donors (Lipinski definition) is 1. The fourth-order valence-electron chi connectivity index (χ4n) is 2.23. The molecular formula is C15H21F3N2O. The fraction of sp³-hybridized carbons (Fsp3) is 0.600. The number of nitrogens with zero attached hydrogens (tertiary/aromatic N) is 1. The van der Waals surface area contributed by atoms with Crippen molar-refractivity contribution < 1.29 is 17.9 Å². The molecular weight excluding hydrogens is 281 g/mol. The van der Waals surface area contributed by atoms with Crippen LogP contribution in [-0.2, 0) is 0 Å². The molecule has 3 nitrogen and oxygen atoms in total. The highest BCUT2D eigenvalue weighted by Crippen LogP contribution is 2.25. The predicted octanol–water partition coefficient (Wildman–Crippen LogP) is 3.33. The molecule has 0 aliphatic heterocycles. The van der Waals surface area contributed by atoms with Crippen LogP contribution in [0.2, 0.25) is 0 Å². The van der Waals surface area contributed by atoms with Crippen molar-refractivity contribution in [2.75, 3.05) is 20.1 Å². The molecule has 21 heavy (non-hydrogen) atoms. The van der Waals surface area contributed by atoms with Gasteiger partial charge in [-0.1, -0.05) is 12.1 Å². The van der Waals surface area contributed by atoms with E-state index >= 15 is 0 Å². The van der Waals surface area contributed by atoms with Gasteiger partial charge in [0.05, 0.1) is 0 Å². The smallest absolute Gasteiger partial charge is 0.406 e. The Morgan fingerprint density at radius 3 is 2.43 bits per heavy atom. The van der Waals surface area contributed by atoms with Crippen LogP contribution in [0.3, 0.4) is 0 Å². The van der Waals surface area contributed by atoms with Gasteiger partial charge in [0.15, 0.2) is 0 Å². The third-order valence-corrected chi connectivity index (χ3v) is 3.70. The standard InChI is InChI=1S/C15H21F3N2O/c1-11(19-9-10-20(2)13-5-6-13)12-3-7-14(8-4-12)21-15(16,17)18/h3-4,7-8,11,13,19H,5-6,9-10H2,1-2H3. The number of likely N-dealkylation sites (N-methyl/N-ethyl adjacent to an activating group) is 1. The van der Waals surface area contributed by atoms with Crippen LogP contribution in [0.15, 0.2) is 24.3 Å². The first-order chi connectivity index (χ1) is 9.85. The molecule has 0 amide bonds. The van der Waals surface area contributed by atoms with E-state index in [9.17, 15) is 13.2 Å². The highest BCUT2D eigenvalue weighted by atomic mass is 19.4. The monoisotopic (exact) mass is 302 g/mol. The molecule has 1 saturated carbocycles. The number of nitrogens with one attached hydrogen (secondary N) is 1. The second-order valence-corrected chi connectivity index (χ2v) is 5.50. The van der Waals surface area contributed by atoms with Gasteiger partial charge in [0.25, 0.3) is 0 Å². The van der Waals surface area contributed by atoms with Gasteiger partial charge in [0.1, 0.15) is 5.75 Å². The summed E-state index contributed by atoms with van der Waals surface area (Å²) in [4.78, 5) is 2.33. The summed E-state index contributed by atoms with van der Waals surface area (Å²) >= 11 is 0. The lowest BCUT2D eigenvalue weighted by Crippen LogP contribution is -2.31. The Labute approximate surface area is 123 Å². The van der Waals surface area contributed by atoms with Gasteiger partial charge in [-0.05, 0) is 44.5 Å². The first-order valence-corrected chi connectivity index (χ1v) is 7.14. The van der Waals surface area contributed by atoms with Gasteiger partial charge in [-0.2, -0.15) is 0 Å². The van der Waals surface area contributed by atoms with E-state index in [2.05, 4.69) is 22.0 Å². The zero-order valence-corrected chi connectivity index (χ0v) is 12.3. The Balaban J connectivity index is 1.77.